The Hall–Kier alpha value is -2.41. The van der Waals surface area contributed by atoms with Crippen molar-refractivity contribution in [3.8, 4) is 0 Å². The van der Waals surface area contributed by atoms with Gasteiger partial charge in [0.1, 0.15) is 5.69 Å². The number of nitro benzene ring substituents is 1. The van der Waals surface area contributed by atoms with Gasteiger partial charge in [0.25, 0.3) is 5.69 Å². The van der Waals surface area contributed by atoms with Gasteiger partial charge in [-0.05, 0) is 49.2 Å². The molecule has 0 fully saturated rings. The lowest BCUT2D eigenvalue weighted by molar-refractivity contribution is -0.384. The van der Waals surface area contributed by atoms with E-state index in [1.807, 2.05) is 31.2 Å². The highest BCUT2D eigenvalue weighted by Crippen LogP contribution is 2.27. The Bertz CT molecular complexity index is 762. The first-order valence-corrected chi connectivity index (χ1v) is 7.71. The number of hydrogen-bond acceptors (Lipinski definition) is 4. The maximum atomic E-state index is 12.0. The molecule has 0 unspecified atom stereocenters. The summed E-state index contributed by atoms with van der Waals surface area (Å²) in [6.45, 7) is 3.65. The number of halogens is 1. The summed E-state index contributed by atoms with van der Waals surface area (Å²) >= 11 is 3.35. The van der Waals surface area contributed by atoms with Gasteiger partial charge in [0, 0.05) is 16.2 Å². The summed E-state index contributed by atoms with van der Waals surface area (Å²) in [7, 11) is 0. The molecule has 2 N–H and O–H groups in total. The highest BCUT2D eigenvalue weighted by molar-refractivity contribution is 9.10. The smallest absolute Gasteiger partial charge is 0.293 e. The van der Waals surface area contributed by atoms with Gasteiger partial charge in [-0.3, -0.25) is 14.9 Å². The normalized spacial score (nSPS) is 10.2. The average molecular weight is 378 g/mol. The molecule has 1 amide bonds. The molecule has 0 aliphatic rings. The number of nitro groups is 1. The summed E-state index contributed by atoms with van der Waals surface area (Å²) in [5, 5.41) is 16.7. The van der Waals surface area contributed by atoms with Gasteiger partial charge in [0.05, 0.1) is 11.5 Å². The summed E-state index contributed by atoms with van der Waals surface area (Å²) in [6, 6.07) is 10.5. The Morgan fingerprint density at radius 1 is 1.22 bits per heavy atom. The SMILES string of the molecule is Cc1cc(NC(=O)CNc2cccc(Br)c2)c([N+](=O)[O-])cc1C. The lowest BCUT2D eigenvalue weighted by Crippen LogP contribution is -2.22. The van der Waals surface area contributed by atoms with Crippen LogP contribution in [0.1, 0.15) is 11.1 Å². The van der Waals surface area contributed by atoms with Crippen molar-refractivity contribution < 1.29 is 9.72 Å². The number of benzene rings is 2. The Balaban J connectivity index is 2.08. The van der Waals surface area contributed by atoms with E-state index in [-0.39, 0.29) is 23.8 Å². The van der Waals surface area contributed by atoms with Crippen molar-refractivity contribution >= 4 is 38.9 Å². The van der Waals surface area contributed by atoms with E-state index in [0.717, 1.165) is 21.3 Å². The highest BCUT2D eigenvalue weighted by Gasteiger charge is 2.17. The van der Waals surface area contributed by atoms with Crippen molar-refractivity contribution in [2.75, 3.05) is 17.2 Å². The van der Waals surface area contributed by atoms with E-state index >= 15 is 0 Å². The number of carbonyl (C=O) groups is 1. The molecular formula is C16H16BrN3O3. The van der Waals surface area contributed by atoms with Gasteiger partial charge >= 0.3 is 0 Å². The predicted molar refractivity (Wildman–Crippen MR) is 93.8 cm³/mol. The van der Waals surface area contributed by atoms with E-state index in [4.69, 9.17) is 0 Å². The van der Waals surface area contributed by atoms with E-state index in [1.165, 1.54) is 6.07 Å². The van der Waals surface area contributed by atoms with E-state index in [0.29, 0.717) is 0 Å². The molecule has 0 spiro atoms. The molecule has 0 aliphatic carbocycles. The van der Waals surface area contributed by atoms with E-state index in [1.54, 1.807) is 13.0 Å². The molecule has 0 atom stereocenters. The number of anilines is 2. The minimum absolute atomic E-state index is 0.0144. The fraction of sp³-hybridized carbons (Fsp3) is 0.188. The summed E-state index contributed by atoms with van der Waals surface area (Å²) in [6.07, 6.45) is 0. The van der Waals surface area contributed by atoms with Crippen LogP contribution in [0.15, 0.2) is 40.9 Å². The maximum absolute atomic E-state index is 12.0. The summed E-state index contributed by atoms with van der Waals surface area (Å²) < 4.78 is 0.896. The van der Waals surface area contributed by atoms with Crippen molar-refractivity contribution in [2.24, 2.45) is 0 Å². The van der Waals surface area contributed by atoms with Crippen molar-refractivity contribution in [3.05, 3.63) is 62.1 Å². The molecule has 0 bridgehead atoms. The second kappa shape index (κ2) is 7.23. The van der Waals surface area contributed by atoms with Gasteiger partial charge in [-0.1, -0.05) is 22.0 Å². The minimum atomic E-state index is -0.496. The second-order valence-electron chi connectivity index (χ2n) is 5.12. The lowest BCUT2D eigenvalue weighted by atomic mass is 10.1. The van der Waals surface area contributed by atoms with Crippen LogP contribution in [-0.4, -0.2) is 17.4 Å². The number of nitrogens with zero attached hydrogens (tertiary/aromatic N) is 1. The molecule has 7 heteroatoms. The Morgan fingerprint density at radius 2 is 1.91 bits per heavy atom. The summed E-state index contributed by atoms with van der Waals surface area (Å²) in [4.78, 5) is 22.7. The van der Waals surface area contributed by atoms with Crippen LogP contribution in [0, 0.1) is 24.0 Å². The van der Waals surface area contributed by atoms with Gasteiger partial charge in [0.2, 0.25) is 5.91 Å². The van der Waals surface area contributed by atoms with Crippen molar-refractivity contribution in [1.82, 2.24) is 0 Å². The fourth-order valence-electron chi connectivity index (χ4n) is 2.03. The van der Waals surface area contributed by atoms with Gasteiger partial charge < -0.3 is 10.6 Å². The fourth-order valence-corrected chi connectivity index (χ4v) is 2.43. The molecule has 0 heterocycles. The monoisotopic (exact) mass is 377 g/mol. The zero-order chi connectivity index (χ0) is 17.0. The molecule has 2 rings (SSSR count). The van der Waals surface area contributed by atoms with Gasteiger partial charge in [-0.2, -0.15) is 0 Å². The molecule has 0 radical (unpaired) electrons. The first-order chi connectivity index (χ1) is 10.9. The van der Waals surface area contributed by atoms with Crippen LogP contribution in [-0.2, 0) is 4.79 Å². The highest BCUT2D eigenvalue weighted by atomic mass is 79.9. The lowest BCUT2D eigenvalue weighted by Gasteiger charge is -2.10. The minimum Gasteiger partial charge on any atom is -0.376 e. The molecule has 6 nitrogen and oxygen atoms in total. The molecule has 0 saturated heterocycles. The standard InChI is InChI=1S/C16H16BrN3O3/c1-10-6-14(15(20(22)23)7-11(10)2)19-16(21)9-18-13-5-3-4-12(17)8-13/h3-8,18H,9H2,1-2H3,(H,19,21). The third kappa shape index (κ3) is 4.53. The van der Waals surface area contributed by atoms with Crippen molar-refractivity contribution in [1.29, 1.82) is 0 Å². The summed E-state index contributed by atoms with van der Waals surface area (Å²) in [5.74, 6) is -0.351. The van der Waals surface area contributed by atoms with Crippen LogP contribution in [0.4, 0.5) is 17.1 Å². The first kappa shape index (κ1) is 17.0. The van der Waals surface area contributed by atoms with E-state index < -0.39 is 4.92 Å². The topological polar surface area (TPSA) is 84.3 Å². The molecule has 0 aliphatic heterocycles. The third-order valence-electron chi connectivity index (χ3n) is 3.36. The van der Waals surface area contributed by atoms with Crippen molar-refractivity contribution in [2.45, 2.75) is 13.8 Å². The largest absolute Gasteiger partial charge is 0.376 e. The maximum Gasteiger partial charge on any atom is 0.293 e. The summed E-state index contributed by atoms with van der Waals surface area (Å²) in [5.41, 5.74) is 2.57. The van der Waals surface area contributed by atoms with Gasteiger partial charge in [-0.25, -0.2) is 0 Å². The number of amides is 1. The van der Waals surface area contributed by atoms with Crippen LogP contribution in [0.5, 0.6) is 0 Å². The number of aryl methyl sites for hydroxylation is 2. The van der Waals surface area contributed by atoms with Crippen molar-refractivity contribution in [3.63, 3.8) is 0 Å². The quantitative estimate of drug-likeness (QED) is 0.608. The number of rotatable bonds is 5. The van der Waals surface area contributed by atoms with Gasteiger partial charge in [0.15, 0.2) is 0 Å². The number of hydrogen-bond donors (Lipinski definition) is 2. The third-order valence-corrected chi connectivity index (χ3v) is 3.85. The number of carbonyl (C=O) groups excluding carboxylic acids is 1. The Morgan fingerprint density at radius 3 is 2.57 bits per heavy atom. The van der Waals surface area contributed by atoms with Crippen LogP contribution < -0.4 is 10.6 Å². The van der Waals surface area contributed by atoms with Crippen LogP contribution in [0.25, 0.3) is 0 Å². The Labute approximate surface area is 142 Å². The van der Waals surface area contributed by atoms with E-state index in [2.05, 4.69) is 26.6 Å². The van der Waals surface area contributed by atoms with Crippen LogP contribution >= 0.6 is 15.9 Å². The molecule has 120 valence electrons. The average Bonchev–Trinajstić information content (AvgIpc) is 2.48. The molecule has 0 saturated carbocycles. The van der Waals surface area contributed by atoms with Crippen LogP contribution in [0.3, 0.4) is 0 Å². The van der Waals surface area contributed by atoms with Crippen LogP contribution in [0.2, 0.25) is 0 Å². The zero-order valence-electron chi connectivity index (χ0n) is 12.7. The molecule has 0 aromatic heterocycles. The zero-order valence-corrected chi connectivity index (χ0v) is 14.3. The van der Waals surface area contributed by atoms with Gasteiger partial charge in [-0.15, -0.1) is 0 Å². The molecule has 2 aromatic rings. The predicted octanol–water partition coefficient (Wildman–Crippen LogP) is 4.02. The number of nitrogens with one attached hydrogen (secondary N) is 2. The molecule has 2 aromatic carbocycles. The first-order valence-electron chi connectivity index (χ1n) is 6.92. The molecule has 23 heavy (non-hydrogen) atoms. The Kier molecular flexibility index (Phi) is 5.33. The molecular weight excluding hydrogens is 362 g/mol. The second-order valence-corrected chi connectivity index (χ2v) is 6.04. The van der Waals surface area contributed by atoms with E-state index in [9.17, 15) is 14.9 Å².